The Hall–Kier alpha value is -3.38. The van der Waals surface area contributed by atoms with Crippen LogP contribution in [-0.4, -0.2) is 49.9 Å². The Bertz CT molecular complexity index is 1220. The monoisotopic (exact) mass is 455 g/mol. The number of H-pyrrole nitrogens is 1. The number of hydrogen-bond donors (Lipinski definition) is 1. The zero-order valence-corrected chi connectivity index (χ0v) is 20.0. The van der Waals surface area contributed by atoms with E-state index in [2.05, 4.69) is 94.7 Å². The molecule has 2 aromatic carbocycles. The van der Waals surface area contributed by atoms with Crippen LogP contribution in [0.4, 0.5) is 0 Å². The first kappa shape index (κ1) is 22.4. The molecule has 4 aromatic rings. The molecule has 6 heteroatoms. The van der Waals surface area contributed by atoms with Gasteiger partial charge in [0.05, 0.1) is 6.10 Å². The van der Waals surface area contributed by atoms with E-state index in [9.17, 15) is 0 Å². The maximum absolute atomic E-state index is 5.79. The number of benzene rings is 2. The van der Waals surface area contributed by atoms with Crippen molar-refractivity contribution in [1.82, 2.24) is 24.6 Å². The molecule has 3 heterocycles. The smallest absolute Gasteiger partial charge is 0.123 e. The van der Waals surface area contributed by atoms with Crippen LogP contribution in [0.1, 0.15) is 37.8 Å². The molecule has 1 aliphatic rings. The van der Waals surface area contributed by atoms with Crippen molar-refractivity contribution >= 4 is 10.9 Å². The number of ether oxygens (including phenoxy) is 1. The maximum Gasteiger partial charge on any atom is 0.123 e. The van der Waals surface area contributed by atoms with Crippen molar-refractivity contribution in [2.75, 3.05) is 13.1 Å². The number of aromatic nitrogens is 4. The van der Waals surface area contributed by atoms with E-state index in [1.807, 2.05) is 4.57 Å². The van der Waals surface area contributed by atoms with Gasteiger partial charge in [0.2, 0.25) is 0 Å². The Morgan fingerprint density at radius 2 is 1.91 bits per heavy atom. The molecule has 6 nitrogen and oxygen atoms in total. The Balaban J connectivity index is 1.21. The van der Waals surface area contributed by atoms with Crippen LogP contribution in [0.3, 0.4) is 0 Å². The number of aromatic amines is 1. The molecule has 1 atom stereocenters. The molecule has 1 unspecified atom stereocenters. The second-order valence-electron chi connectivity index (χ2n) is 9.35. The number of nitrogens with one attached hydrogen (secondary N) is 1. The van der Waals surface area contributed by atoms with Gasteiger partial charge in [0.15, 0.2) is 0 Å². The molecule has 1 N–H and O–H groups in total. The first-order valence-electron chi connectivity index (χ1n) is 12.3. The topological polar surface area (TPSA) is 59.0 Å². The lowest BCUT2D eigenvalue weighted by Gasteiger charge is -2.32. The summed E-state index contributed by atoms with van der Waals surface area (Å²) >= 11 is 0. The Kier molecular flexibility index (Phi) is 6.77. The molecule has 5 rings (SSSR count). The van der Waals surface area contributed by atoms with Gasteiger partial charge in [-0.1, -0.05) is 24.3 Å². The predicted octanol–water partition coefficient (Wildman–Crippen LogP) is 5.34. The Morgan fingerprint density at radius 1 is 1.09 bits per heavy atom. The van der Waals surface area contributed by atoms with Crippen molar-refractivity contribution in [3.63, 3.8) is 0 Å². The van der Waals surface area contributed by atoms with Gasteiger partial charge in [-0.3, -0.25) is 9.47 Å². The summed E-state index contributed by atoms with van der Waals surface area (Å²) in [5.74, 6) is 0.945. The van der Waals surface area contributed by atoms with Gasteiger partial charge in [-0.05, 0) is 87.5 Å². The molecule has 0 fully saturated rings. The fourth-order valence-corrected chi connectivity index (χ4v) is 4.81. The first-order chi connectivity index (χ1) is 16.7. The largest absolute Gasteiger partial charge is 0.491 e. The first-order valence-corrected chi connectivity index (χ1v) is 12.3. The van der Waals surface area contributed by atoms with E-state index in [-0.39, 0.29) is 6.10 Å². The third-order valence-corrected chi connectivity index (χ3v) is 6.51. The fraction of sp³-hybridized carbons (Fsp3) is 0.357. The minimum absolute atomic E-state index is 0.203. The lowest BCUT2D eigenvalue weighted by atomic mass is 10.00. The van der Waals surface area contributed by atoms with E-state index in [1.165, 1.54) is 22.0 Å². The number of rotatable bonds is 9. The number of hydrogen-bond acceptors (Lipinski definition) is 4. The van der Waals surface area contributed by atoms with Gasteiger partial charge in [-0.15, -0.1) is 10.2 Å². The van der Waals surface area contributed by atoms with E-state index < -0.39 is 0 Å². The van der Waals surface area contributed by atoms with Crippen LogP contribution in [0.15, 0.2) is 73.5 Å². The molecular weight excluding hydrogens is 422 g/mol. The summed E-state index contributed by atoms with van der Waals surface area (Å²) in [6.45, 7) is 6.35. The predicted molar refractivity (Wildman–Crippen MR) is 137 cm³/mol. The normalized spacial score (nSPS) is 16.5. The third kappa shape index (κ3) is 5.23. The van der Waals surface area contributed by atoms with Crippen LogP contribution >= 0.6 is 0 Å². The van der Waals surface area contributed by atoms with Gasteiger partial charge in [-0.2, -0.15) is 0 Å². The molecule has 0 amide bonds. The quantitative estimate of drug-likeness (QED) is 0.346. The van der Waals surface area contributed by atoms with Crippen LogP contribution < -0.4 is 4.74 Å². The standard InChI is InChI=1S/C28H33N5O/c1-21(2)34-26-11-8-22(9-12-26)16-24-7-3-4-14-32(24)15-5-6-23-18-29-28-13-10-25(17-27(23)28)33-19-30-31-20-33/h3,7-13,17-21,24,29H,4-6,14-16H2,1-2H3. The molecule has 2 aromatic heterocycles. The van der Waals surface area contributed by atoms with E-state index in [0.29, 0.717) is 6.04 Å². The number of fused-ring (bicyclic) bond motifs is 1. The SMILES string of the molecule is CC(C)Oc1ccc(CC2C=CCCN2CCCc2c[nH]c3ccc(-n4cnnc4)cc23)cc1. The summed E-state index contributed by atoms with van der Waals surface area (Å²) in [6, 6.07) is 15.5. The number of nitrogens with zero attached hydrogens (tertiary/aromatic N) is 4. The van der Waals surface area contributed by atoms with Crippen molar-refractivity contribution in [3.05, 3.63) is 84.6 Å². The van der Waals surface area contributed by atoms with Crippen LogP contribution in [0, 0.1) is 0 Å². The van der Waals surface area contributed by atoms with Gasteiger partial charge in [0, 0.05) is 35.4 Å². The molecule has 0 saturated carbocycles. The summed E-state index contributed by atoms with van der Waals surface area (Å²) in [5, 5.41) is 9.14. The van der Waals surface area contributed by atoms with Crippen molar-refractivity contribution in [2.45, 2.75) is 51.7 Å². The van der Waals surface area contributed by atoms with Crippen LogP contribution in [0.25, 0.3) is 16.6 Å². The maximum atomic E-state index is 5.79. The number of aryl methyl sites for hydroxylation is 1. The highest BCUT2D eigenvalue weighted by molar-refractivity contribution is 5.85. The van der Waals surface area contributed by atoms with E-state index in [1.54, 1.807) is 12.7 Å². The Labute approximate surface area is 201 Å². The molecule has 0 radical (unpaired) electrons. The fourth-order valence-electron chi connectivity index (χ4n) is 4.81. The summed E-state index contributed by atoms with van der Waals surface area (Å²) < 4.78 is 7.74. The molecule has 1 aliphatic heterocycles. The van der Waals surface area contributed by atoms with Crippen LogP contribution in [0.5, 0.6) is 5.75 Å². The summed E-state index contributed by atoms with van der Waals surface area (Å²) in [6.07, 6.45) is 14.9. The second-order valence-corrected chi connectivity index (χ2v) is 9.35. The van der Waals surface area contributed by atoms with Gasteiger partial charge in [0.25, 0.3) is 0 Å². The van der Waals surface area contributed by atoms with E-state index in [0.717, 1.165) is 50.2 Å². The molecule has 34 heavy (non-hydrogen) atoms. The summed E-state index contributed by atoms with van der Waals surface area (Å²) in [4.78, 5) is 6.07. The Morgan fingerprint density at radius 3 is 2.71 bits per heavy atom. The minimum Gasteiger partial charge on any atom is -0.491 e. The minimum atomic E-state index is 0.203. The van der Waals surface area contributed by atoms with Gasteiger partial charge < -0.3 is 9.72 Å². The molecule has 0 saturated heterocycles. The molecule has 0 spiro atoms. The van der Waals surface area contributed by atoms with Gasteiger partial charge in [0.1, 0.15) is 18.4 Å². The van der Waals surface area contributed by atoms with Gasteiger partial charge >= 0.3 is 0 Å². The average Bonchev–Trinajstić information content (AvgIpc) is 3.51. The van der Waals surface area contributed by atoms with Gasteiger partial charge in [-0.25, -0.2) is 0 Å². The zero-order chi connectivity index (χ0) is 23.3. The molecular formula is C28H33N5O. The van der Waals surface area contributed by atoms with E-state index >= 15 is 0 Å². The van der Waals surface area contributed by atoms with Crippen molar-refractivity contribution in [1.29, 1.82) is 0 Å². The lowest BCUT2D eigenvalue weighted by Crippen LogP contribution is -2.39. The molecule has 0 bridgehead atoms. The molecule has 176 valence electrons. The van der Waals surface area contributed by atoms with Crippen molar-refractivity contribution in [2.24, 2.45) is 0 Å². The highest BCUT2D eigenvalue weighted by Crippen LogP contribution is 2.24. The van der Waals surface area contributed by atoms with Crippen molar-refractivity contribution in [3.8, 4) is 11.4 Å². The zero-order valence-electron chi connectivity index (χ0n) is 20.0. The molecule has 0 aliphatic carbocycles. The average molecular weight is 456 g/mol. The lowest BCUT2D eigenvalue weighted by molar-refractivity contribution is 0.219. The van der Waals surface area contributed by atoms with Crippen LogP contribution in [0.2, 0.25) is 0 Å². The third-order valence-electron chi connectivity index (χ3n) is 6.51. The summed E-state index contributed by atoms with van der Waals surface area (Å²) in [7, 11) is 0. The van der Waals surface area contributed by atoms with Crippen LogP contribution in [-0.2, 0) is 12.8 Å². The summed E-state index contributed by atoms with van der Waals surface area (Å²) in [5.41, 5.74) is 4.99. The second kappa shape index (κ2) is 10.3. The van der Waals surface area contributed by atoms with Crippen molar-refractivity contribution < 1.29 is 4.74 Å². The highest BCUT2D eigenvalue weighted by Gasteiger charge is 2.19. The highest BCUT2D eigenvalue weighted by atomic mass is 16.5. The van der Waals surface area contributed by atoms with E-state index in [4.69, 9.17) is 4.74 Å².